The number of hydrogen-bond donors (Lipinski definition) is 1. The van der Waals surface area contributed by atoms with E-state index in [1.165, 1.54) is 11.3 Å². The summed E-state index contributed by atoms with van der Waals surface area (Å²) in [6.45, 7) is 4.15. The number of piperidine rings is 2. The van der Waals surface area contributed by atoms with Crippen molar-refractivity contribution in [3.63, 3.8) is 0 Å². The second-order valence-corrected chi connectivity index (χ2v) is 7.76. The topological polar surface area (TPSA) is 58.1 Å². The minimum Gasteiger partial charge on any atom is -0.334 e. The van der Waals surface area contributed by atoms with Crippen LogP contribution in [0.3, 0.4) is 0 Å². The van der Waals surface area contributed by atoms with E-state index in [9.17, 15) is 4.79 Å². The Morgan fingerprint density at radius 1 is 1.46 bits per heavy atom. The Morgan fingerprint density at radius 3 is 3.21 bits per heavy atom. The highest BCUT2D eigenvalue weighted by atomic mass is 32.1. The highest BCUT2D eigenvalue weighted by molar-refractivity contribution is 7.13. The summed E-state index contributed by atoms with van der Waals surface area (Å²) >= 11 is 1.52. The molecule has 0 spiro atoms. The van der Waals surface area contributed by atoms with E-state index in [1.807, 2.05) is 12.1 Å². The van der Waals surface area contributed by atoms with Crippen LogP contribution in [0.25, 0.3) is 10.6 Å². The number of aromatic nitrogens is 2. The largest absolute Gasteiger partial charge is 0.334 e. The lowest BCUT2D eigenvalue weighted by molar-refractivity contribution is 0.0254. The lowest BCUT2D eigenvalue weighted by Crippen LogP contribution is -2.65. The molecule has 6 heteroatoms. The molecule has 24 heavy (non-hydrogen) atoms. The first-order valence-electron chi connectivity index (χ1n) is 8.59. The van der Waals surface area contributed by atoms with Gasteiger partial charge in [0.2, 0.25) is 0 Å². The maximum absolute atomic E-state index is 13.4. The van der Waals surface area contributed by atoms with Gasteiger partial charge in [-0.1, -0.05) is 0 Å². The molecule has 0 unspecified atom stereocenters. The number of hydrogen-bond acceptors (Lipinski definition) is 5. The van der Waals surface area contributed by atoms with E-state index < -0.39 is 0 Å². The molecule has 1 N–H and O–H groups in total. The van der Waals surface area contributed by atoms with Crippen molar-refractivity contribution in [2.24, 2.45) is 0 Å². The number of carbonyl (C=O) groups excluding carboxylic acids is 1. The molecule has 4 rings (SSSR count). The van der Waals surface area contributed by atoms with Crippen molar-refractivity contribution in [3.8, 4) is 10.6 Å². The predicted molar refractivity (Wildman–Crippen MR) is 95.0 cm³/mol. The number of fused-ring (bicyclic) bond motifs is 1. The maximum atomic E-state index is 13.4. The van der Waals surface area contributed by atoms with Crippen molar-refractivity contribution >= 4 is 17.2 Å². The van der Waals surface area contributed by atoms with Crippen LogP contribution >= 0.6 is 11.3 Å². The van der Waals surface area contributed by atoms with E-state index in [-0.39, 0.29) is 17.5 Å². The number of rotatable bonds is 2. The molecule has 0 aromatic carbocycles. The fourth-order valence-corrected chi connectivity index (χ4v) is 4.77. The number of pyridine rings is 1. The number of likely N-dealkylation sites (tertiary alicyclic amines) is 1. The van der Waals surface area contributed by atoms with Gasteiger partial charge in [-0.3, -0.25) is 14.8 Å². The lowest BCUT2D eigenvalue weighted by atomic mass is 9.77. The van der Waals surface area contributed by atoms with Crippen molar-refractivity contribution in [1.82, 2.24) is 20.2 Å². The Hall–Kier alpha value is -1.79. The van der Waals surface area contributed by atoms with Gasteiger partial charge >= 0.3 is 0 Å². The minimum absolute atomic E-state index is 0.0407. The summed E-state index contributed by atoms with van der Waals surface area (Å²) in [4.78, 5) is 25.0. The molecule has 0 radical (unpaired) electrons. The number of amides is 1. The molecule has 0 bridgehead atoms. The third-order valence-corrected chi connectivity index (χ3v) is 6.13. The second kappa shape index (κ2) is 6.26. The second-order valence-electron chi connectivity index (χ2n) is 6.87. The molecule has 2 saturated heterocycles. The van der Waals surface area contributed by atoms with Gasteiger partial charge < -0.3 is 10.2 Å². The fourth-order valence-electron chi connectivity index (χ4n) is 4.14. The van der Waals surface area contributed by atoms with Crippen LogP contribution in [0.15, 0.2) is 30.0 Å². The van der Waals surface area contributed by atoms with Gasteiger partial charge in [0.15, 0.2) is 0 Å². The number of nitrogens with zero attached hydrogens (tertiary/aromatic N) is 3. The Labute approximate surface area is 146 Å². The summed E-state index contributed by atoms with van der Waals surface area (Å²) in [7, 11) is 0. The standard InChI is InChI=1S/C18H22N4OS/c1-18-7-4-10-22(15(18)6-3-9-21-18)17(23)13-5-2-8-20-16(13)14-11-19-12-24-14/h2,5,8,11-12,15,21H,3-4,6-7,9-10H2,1H3/t15-,18+/m1/s1. The fraction of sp³-hybridized carbons (Fsp3) is 0.500. The molecule has 1 amide bonds. The molecule has 2 aliphatic rings. The smallest absolute Gasteiger partial charge is 0.256 e. The first kappa shape index (κ1) is 15.7. The molecular formula is C18H22N4OS. The molecule has 126 valence electrons. The van der Waals surface area contributed by atoms with Crippen LogP contribution in [-0.2, 0) is 0 Å². The summed E-state index contributed by atoms with van der Waals surface area (Å²) in [6.07, 6.45) is 7.91. The van der Waals surface area contributed by atoms with E-state index in [0.717, 1.165) is 49.3 Å². The summed E-state index contributed by atoms with van der Waals surface area (Å²) in [5.74, 6) is 0.103. The molecule has 2 atom stereocenters. The van der Waals surface area contributed by atoms with Gasteiger partial charge in [0.1, 0.15) is 0 Å². The van der Waals surface area contributed by atoms with Crippen LogP contribution in [0.5, 0.6) is 0 Å². The van der Waals surface area contributed by atoms with Crippen molar-refractivity contribution in [2.75, 3.05) is 13.1 Å². The average molecular weight is 342 g/mol. The van der Waals surface area contributed by atoms with Gasteiger partial charge in [0, 0.05) is 30.5 Å². The third-order valence-electron chi connectivity index (χ3n) is 5.35. The number of nitrogens with one attached hydrogen (secondary N) is 1. The van der Waals surface area contributed by atoms with Crippen LogP contribution in [0.2, 0.25) is 0 Å². The maximum Gasteiger partial charge on any atom is 0.256 e. The van der Waals surface area contributed by atoms with Crippen molar-refractivity contribution in [1.29, 1.82) is 0 Å². The average Bonchev–Trinajstić information content (AvgIpc) is 3.14. The van der Waals surface area contributed by atoms with Gasteiger partial charge in [-0.2, -0.15) is 0 Å². The first-order chi connectivity index (χ1) is 11.7. The summed E-state index contributed by atoms with van der Waals surface area (Å²) in [6, 6.07) is 4.01. The molecular weight excluding hydrogens is 320 g/mol. The highest BCUT2D eigenvalue weighted by Crippen LogP contribution is 2.35. The zero-order valence-electron chi connectivity index (χ0n) is 13.9. The van der Waals surface area contributed by atoms with Crippen LogP contribution in [-0.4, -0.2) is 45.4 Å². The van der Waals surface area contributed by atoms with Crippen molar-refractivity contribution in [2.45, 2.75) is 44.2 Å². The summed E-state index contributed by atoms with van der Waals surface area (Å²) < 4.78 is 0. The van der Waals surface area contributed by atoms with Crippen molar-refractivity contribution in [3.05, 3.63) is 35.6 Å². The highest BCUT2D eigenvalue weighted by Gasteiger charge is 2.44. The normalized spacial score (nSPS) is 26.9. The molecule has 2 aromatic heterocycles. The van der Waals surface area contributed by atoms with Gasteiger partial charge in [0.25, 0.3) is 5.91 Å². The van der Waals surface area contributed by atoms with Gasteiger partial charge in [-0.15, -0.1) is 11.3 Å². The minimum atomic E-state index is 0.0407. The van der Waals surface area contributed by atoms with Crippen LogP contribution in [0, 0.1) is 0 Å². The monoisotopic (exact) mass is 342 g/mol. The van der Waals surface area contributed by atoms with Gasteiger partial charge in [0.05, 0.1) is 21.6 Å². The van der Waals surface area contributed by atoms with Crippen molar-refractivity contribution < 1.29 is 4.79 Å². The van der Waals surface area contributed by atoms with Crippen LogP contribution < -0.4 is 5.32 Å². The molecule has 2 aliphatic heterocycles. The Balaban J connectivity index is 1.69. The molecule has 0 saturated carbocycles. The van der Waals surface area contributed by atoms with E-state index in [2.05, 4.69) is 27.1 Å². The zero-order chi connectivity index (χ0) is 16.6. The van der Waals surface area contributed by atoms with Gasteiger partial charge in [-0.25, -0.2) is 0 Å². The van der Waals surface area contributed by atoms with E-state index in [0.29, 0.717) is 5.56 Å². The Kier molecular flexibility index (Phi) is 4.10. The molecule has 0 aliphatic carbocycles. The molecule has 2 aromatic rings. The zero-order valence-corrected chi connectivity index (χ0v) is 14.7. The Morgan fingerprint density at radius 2 is 2.38 bits per heavy atom. The summed E-state index contributed by atoms with van der Waals surface area (Å²) in [5, 5.41) is 3.66. The summed E-state index contributed by atoms with van der Waals surface area (Å²) in [5.41, 5.74) is 3.26. The Bertz CT molecular complexity index is 728. The van der Waals surface area contributed by atoms with Gasteiger partial charge in [-0.05, 0) is 51.3 Å². The first-order valence-corrected chi connectivity index (χ1v) is 9.47. The number of carbonyl (C=O) groups is 1. The van der Waals surface area contributed by atoms with Crippen LogP contribution in [0.4, 0.5) is 0 Å². The predicted octanol–water partition coefficient (Wildman–Crippen LogP) is 2.95. The number of thiazole rings is 1. The molecule has 5 nitrogen and oxygen atoms in total. The van der Waals surface area contributed by atoms with E-state index >= 15 is 0 Å². The molecule has 2 fully saturated rings. The van der Waals surface area contributed by atoms with Crippen LogP contribution in [0.1, 0.15) is 43.0 Å². The quantitative estimate of drug-likeness (QED) is 0.912. The third kappa shape index (κ3) is 2.63. The lowest BCUT2D eigenvalue weighted by Gasteiger charge is -2.51. The van der Waals surface area contributed by atoms with E-state index in [1.54, 1.807) is 17.9 Å². The van der Waals surface area contributed by atoms with E-state index in [4.69, 9.17) is 0 Å². The molecule has 4 heterocycles. The SMILES string of the molecule is C[C@]12CCCN(C(=O)c3cccnc3-c3cncs3)[C@@H]1CCCN2.